The van der Waals surface area contributed by atoms with E-state index in [1.165, 1.54) is 36.4 Å². The second kappa shape index (κ2) is 19.8. The summed E-state index contributed by atoms with van der Waals surface area (Å²) in [6.07, 6.45) is 16.5. The summed E-state index contributed by atoms with van der Waals surface area (Å²) in [5.74, 6) is -0.769. The molecule has 0 aromatic heterocycles. The molecule has 0 amide bonds. The maximum Gasteiger partial charge on any atom is 0.267 e. The van der Waals surface area contributed by atoms with Crippen molar-refractivity contribution in [1.29, 1.82) is 0 Å². The molecular weight excluding hydrogens is 651 g/mol. The van der Waals surface area contributed by atoms with Crippen molar-refractivity contribution in [2.45, 2.75) is 96.9 Å². The lowest BCUT2D eigenvalue weighted by Gasteiger charge is -2.15. The van der Waals surface area contributed by atoms with Crippen LogP contribution in [0.15, 0.2) is 100 Å². The number of aliphatic hydroxyl groups excluding tert-OH is 3. The van der Waals surface area contributed by atoms with Crippen LogP contribution in [0.2, 0.25) is 0 Å². The summed E-state index contributed by atoms with van der Waals surface area (Å²) in [7, 11) is 0. The number of halogens is 3. The van der Waals surface area contributed by atoms with Gasteiger partial charge in [-0.15, -0.1) is 0 Å². The van der Waals surface area contributed by atoms with Crippen molar-refractivity contribution in [3.05, 3.63) is 142 Å². The average Bonchev–Trinajstić information content (AvgIpc) is 3.94. The van der Waals surface area contributed by atoms with Crippen LogP contribution in [0.3, 0.4) is 0 Å². The van der Waals surface area contributed by atoms with E-state index in [2.05, 4.69) is 21.1 Å². The Morgan fingerprint density at radius 3 is 1.24 bits per heavy atom. The van der Waals surface area contributed by atoms with Crippen molar-refractivity contribution in [2.75, 3.05) is 0 Å². The van der Waals surface area contributed by atoms with Gasteiger partial charge in [-0.05, 0) is 89.0 Å². The Bertz CT molecular complexity index is 1600. The molecule has 0 saturated carbocycles. The number of allylic oxidation sites excluding steroid dienone is 3. The second-order valence-corrected chi connectivity index (χ2v) is 12.5. The van der Waals surface area contributed by atoms with Crippen molar-refractivity contribution in [2.24, 2.45) is 15.0 Å². The molecule has 0 bridgehead atoms. The van der Waals surface area contributed by atoms with Gasteiger partial charge in [0.15, 0.2) is 0 Å². The normalized spacial score (nSPS) is 15.9. The number of aryl methyl sites for hydroxylation is 3. The van der Waals surface area contributed by atoms with Gasteiger partial charge in [-0.2, -0.15) is 0 Å². The molecule has 0 aliphatic carbocycles. The monoisotopic (exact) mass is 698 g/mol. The minimum absolute atomic E-state index is 0.254. The van der Waals surface area contributed by atoms with E-state index in [9.17, 15) is 28.5 Å². The molecule has 9 heteroatoms. The second-order valence-electron chi connectivity index (χ2n) is 12.5. The zero-order valence-corrected chi connectivity index (χ0v) is 29.5. The Kier molecular flexibility index (Phi) is 15.2. The quantitative estimate of drug-likeness (QED) is 0.165. The molecular formula is C42H47F3N3O3+. The van der Waals surface area contributed by atoms with E-state index in [1.54, 1.807) is 36.8 Å². The lowest BCUT2D eigenvalue weighted by atomic mass is 9.95. The Labute approximate surface area is 299 Å². The summed E-state index contributed by atoms with van der Waals surface area (Å²) in [5.41, 5.74) is 7.03. The Hall–Kier alpha value is -4.53. The highest BCUT2D eigenvalue weighted by molar-refractivity contribution is 5.93. The summed E-state index contributed by atoms with van der Waals surface area (Å²) in [4.78, 5) is 12.3. The molecule has 0 fully saturated rings. The predicted octanol–water partition coefficient (Wildman–Crippen LogP) is 9.31. The van der Waals surface area contributed by atoms with Crippen LogP contribution in [-0.2, 0) is 19.3 Å². The van der Waals surface area contributed by atoms with Crippen LogP contribution in [-0.4, -0.2) is 32.5 Å². The van der Waals surface area contributed by atoms with Gasteiger partial charge < -0.3 is 15.3 Å². The van der Waals surface area contributed by atoms with Gasteiger partial charge in [0.1, 0.15) is 41.5 Å². The minimum Gasteiger partial charge on any atom is -0.382 e. The number of nitrogens with zero attached hydrogens (tertiary/aromatic N) is 3. The molecule has 0 spiro atoms. The molecule has 3 aliphatic heterocycles. The number of aliphatic imine (C=N–C) groups is 3. The number of rotatable bonds is 12. The SMILES string of the molecule is CCCc1cc(F)ccc1C(O)C1=NC=CC1.CCCc1cc(F)ccc1[C@@H](O)C1=NC=[C+]C1.CCCc1cc(F)ccc1[C@H](O)C1=NC=CC1. The first-order valence-corrected chi connectivity index (χ1v) is 17.6. The molecule has 268 valence electrons. The smallest absolute Gasteiger partial charge is 0.267 e. The van der Waals surface area contributed by atoms with Crippen molar-refractivity contribution >= 4 is 17.1 Å². The maximum atomic E-state index is 13.2. The summed E-state index contributed by atoms with van der Waals surface area (Å²) in [6, 6.07) is 13.6. The summed E-state index contributed by atoms with van der Waals surface area (Å²) in [5, 5.41) is 30.7. The van der Waals surface area contributed by atoms with Gasteiger partial charge in [-0.25, -0.2) is 18.2 Å². The number of benzene rings is 3. The molecule has 3 aliphatic rings. The fraction of sp³-hybridized carbons (Fsp3) is 0.357. The van der Waals surface area contributed by atoms with Crippen LogP contribution in [0, 0.1) is 23.5 Å². The molecule has 6 nitrogen and oxygen atoms in total. The molecule has 1 unspecified atom stereocenters. The molecule has 6 rings (SSSR count). The Balaban J connectivity index is 0.000000172. The largest absolute Gasteiger partial charge is 0.382 e. The number of hydrogen-bond donors (Lipinski definition) is 3. The van der Waals surface area contributed by atoms with E-state index in [-0.39, 0.29) is 17.5 Å². The lowest BCUT2D eigenvalue weighted by molar-refractivity contribution is 0.244. The van der Waals surface area contributed by atoms with Crippen LogP contribution in [0.25, 0.3) is 0 Å². The first-order chi connectivity index (χ1) is 24.7. The van der Waals surface area contributed by atoms with Gasteiger partial charge >= 0.3 is 0 Å². The van der Waals surface area contributed by atoms with Crippen LogP contribution in [0.1, 0.15) is 111 Å². The topological polar surface area (TPSA) is 97.8 Å². The van der Waals surface area contributed by atoms with E-state index >= 15 is 0 Å². The molecule has 3 N–H and O–H groups in total. The highest BCUT2D eigenvalue weighted by Crippen LogP contribution is 2.27. The maximum absolute atomic E-state index is 13.2. The Morgan fingerprint density at radius 2 is 0.941 bits per heavy atom. The first-order valence-electron chi connectivity index (χ1n) is 17.6. The standard InChI is InChI=1S/2C14H16FNO.C14H15FNO/c3*1-2-4-10-9-11(15)6-7-12(10)14(17)13-5-3-8-16-13/h2*3,6-9,14,17H,2,4-5H2,1H3;6-9,14,17H,2,4-5H2,1H3/q;;+1/t14-;;14-/m0.1/s1. The highest BCUT2D eigenvalue weighted by atomic mass is 19.1. The molecule has 3 atom stereocenters. The third-order valence-corrected chi connectivity index (χ3v) is 8.65. The van der Waals surface area contributed by atoms with E-state index in [1.807, 2.05) is 32.9 Å². The molecule has 0 radical (unpaired) electrons. The molecule has 51 heavy (non-hydrogen) atoms. The predicted molar refractivity (Wildman–Crippen MR) is 198 cm³/mol. The summed E-state index contributed by atoms with van der Waals surface area (Å²) < 4.78 is 39.6. The fourth-order valence-electron chi connectivity index (χ4n) is 6.12. The van der Waals surface area contributed by atoms with Crippen LogP contribution in [0.5, 0.6) is 0 Å². The van der Waals surface area contributed by atoms with Crippen molar-refractivity contribution in [3.63, 3.8) is 0 Å². The zero-order chi connectivity index (χ0) is 36.8. The van der Waals surface area contributed by atoms with E-state index < -0.39 is 18.3 Å². The first kappa shape index (κ1) is 39.3. The molecule has 3 aromatic rings. The molecule has 3 aromatic carbocycles. The van der Waals surface area contributed by atoms with Gasteiger partial charge in [0.2, 0.25) is 6.42 Å². The van der Waals surface area contributed by atoms with Crippen molar-refractivity contribution in [3.8, 4) is 0 Å². The zero-order valence-electron chi connectivity index (χ0n) is 29.5. The van der Waals surface area contributed by atoms with Gasteiger partial charge in [0.05, 0.1) is 11.4 Å². The van der Waals surface area contributed by atoms with Gasteiger partial charge in [-0.3, -0.25) is 9.98 Å². The van der Waals surface area contributed by atoms with Gasteiger partial charge in [0.25, 0.3) is 12.3 Å². The van der Waals surface area contributed by atoms with Crippen LogP contribution < -0.4 is 0 Å². The van der Waals surface area contributed by atoms with Crippen molar-refractivity contribution < 1.29 is 28.5 Å². The van der Waals surface area contributed by atoms with Crippen molar-refractivity contribution in [1.82, 2.24) is 0 Å². The number of aliphatic hydroxyl groups is 3. The lowest BCUT2D eigenvalue weighted by Crippen LogP contribution is -2.12. The third kappa shape index (κ3) is 11.0. The van der Waals surface area contributed by atoms with E-state index in [0.29, 0.717) is 25.0 Å². The highest BCUT2D eigenvalue weighted by Gasteiger charge is 2.24. The summed E-state index contributed by atoms with van der Waals surface area (Å²) >= 11 is 0. The number of hydrogen-bond acceptors (Lipinski definition) is 6. The van der Waals surface area contributed by atoms with Crippen LogP contribution >= 0.6 is 0 Å². The summed E-state index contributed by atoms with van der Waals surface area (Å²) in [6.45, 7) is 6.11. The van der Waals surface area contributed by atoms with E-state index in [0.717, 1.165) is 83.3 Å². The molecule has 0 saturated heterocycles. The van der Waals surface area contributed by atoms with Gasteiger partial charge in [0, 0.05) is 25.2 Å². The Morgan fingerprint density at radius 1 is 0.569 bits per heavy atom. The minimum atomic E-state index is -0.747. The molecule has 3 heterocycles. The third-order valence-electron chi connectivity index (χ3n) is 8.65. The van der Waals surface area contributed by atoms with Gasteiger partial charge in [-0.1, -0.05) is 70.4 Å². The van der Waals surface area contributed by atoms with E-state index in [4.69, 9.17) is 0 Å². The van der Waals surface area contributed by atoms with Crippen LogP contribution in [0.4, 0.5) is 13.2 Å². The average molecular weight is 699 g/mol. The fourth-order valence-corrected chi connectivity index (χ4v) is 6.12.